The van der Waals surface area contributed by atoms with Gasteiger partial charge in [-0.25, -0.2) is 19.0 Å². The molecular formula is C30H36FN5O10. The lowest BCUT2D eigenvalue weighted by Gasteiger charge is -2.35. The molecule has 2 aliphatic heterocycles. The van der Waals surface area contributed by atoms with Crippen LogP contribution in [0.5, 0.6) is 5.75 Å². The molecule has 2 saturated heterocycles. The molecule has 15 nitrogen and oxygen atoms in total. The Hall–Kier alpha value is -5.02. The molecule has 1 aromatic carbocycles. The van der Waals surface area contributed by atoms with Crippen molar-refractivity contribution < 1.29 is 52.5 Å². The normalized spacial score (nSPS) is 18.5. The highest BCUT2D eigenvalue weighted by atomic mass is 19.1. The number of para-hydroxylation sites is 1. The van der Waals surface area contributed by atoms with Crippen molar-refractivity contribution in [3.63, 3.8) is 0 Å². The molecule has 2 aromatic rings. The number of aromatic nitrogens is 1. The number of nitrogens with zero attached hydrogens (tertiary/aromatic N) is 4. The molecule has 0 spiro atoms. The molecule has 0 saturated carbocycles. The first-order valence-corrected chi connectivity index (χ1v) is 14.8. The predicted molar refractivity (Wildman–Crippen MR) is 158 cm³/mol. The first-order chi connectivity index (χ1) is 22.0. The molecule has 1 aromatic heterocycles. The van der Waals surface area contributed by atoms with Gasteiger partial charge < -0.3 is 39.3 Å². The average molecular weight is 646 g/mol. The molecule has 16 heteroatoms. The lowest BCUT2D eigenvalue weighted by Crippen LogP contribution is -2.56. The van der Waals surface area contributed by atoms with E-state index in [1.54, 1.807) is 31.2 Å². The van der Waals surface area contributed by atoms with Crippen LogP contribution < -0.4 is 10.1 Å². The molecule has 2 N–H and O–H groups in total. The maximum atomic E-state index is 14.1. The van der Waals surface area contributed by atoms with Gasteiger partial charge in [0.05, 0.1) is 25.8 Å². The summed E-state index contributed by atoms with van der Waals surface area (Å²) in [6.45, 7) is 1.76. The number of rotatable bonds is 11. The number of likely N-dealkylation sites (tertiary alicyclic amines) is 1. The number of fused-ring (bicyclic) bond motifs is 1. The summed E-state index contributed by atoms with van der Waals surface area (Å²) < 4.78 is 29.5. The van der Waals surface area contributed by atoms with Gasteiger partial charge in [0.1, 0.15) is 29.7 Å². The Morgan fingerprint density at radius 2 is 1.78 bits per heavy atom. The summed E-state index contributed by atoms with van der Waals surface area (Å²) in [5.74, 6) is -3.77. The van der Waals surface area contributed by atoms with Gasteiger partial charge >= 0.3 is 18.0 Å². The van der Waals surface area contributed by atoms with Crippen molar-refractivity contribution in [1.82, 2.24) is 25.0 Å². The maximum absolute atomic E-state index is 14.1. The molecule has 0 radical (unpaired) electrons. The van der Waals surface area contributed by atoms with Crippen molar-refractivity contribution in [3.05, 3.63) is 36.0 Å². The molecule has 46 heavy (non-hydrogen) atoms. The van der Waals surface area contributed by atoms with Crippen molar-refractivity contribution in [2.75, 3.05) is 53.0 Å². The molecule has 4 amide bonds. The zero-order valence-electron chi connectivity index (χ0n) is 25.5. The van der Waals surface area contributed by atoms with Gasteiger partial charge in [-0.3, -0.25) is 19.2 Å². The second kappa shape index (κ2) is 15.3. The largest absolute Gasteiger partial charge is 0.483 e. The number of carboxylic acid groups (broad SMARTS) is 1. The summed E-state index contributed by atoms with van der Waals surface area (Å²) in [5, 5.41) is 12.3. The maximum Gasteiger partial charge on any atom is 0.409 e. The Bertz CT molecular complexity index is 1480. The zero-order chi connectivity index (χ0) is 33.4. The molecule has 2 fully saturated rings. The van der Waals surface area contributed by atoms with E-state index in [0.29, 0.717) is 10.9 Å². The number of piperazine rings is 1. The van der Waals surface area contributed by atoms with Crippen LogP contribution in [0.25, 0.3) is 10.9 Å². The topological polar surface area (TPSA) is 185 Å². The third-order valence-electron chi connectivity index (χ3n) is 7.67. The summed E-state index contributed by atoms with van der Waals surface area (Å²) >= 11 is 0. The lowest BCUT2D eigenvalue weighted by molar-refractivity contribution is -0.151. The number of pyridine rings is 1. The molecule has 3 atom stereocenters. The second-order valence-corrected chi connectivity index (χ2v) is 10.7. The number of ether oxygens (including phenoxy) is 3. The Morgan fingerprint density at radius 3 is 2.46 bits per heavy atom. The highest BCUT2D eigenvalue weighted by Gasteiger charge is 2.40. The fraction of sp³-hybridized carbons (Fsp3) is 0.500. The van der Waals surface area contributed by atoms with Crippen LogP contribution in [0.4, 0.5) is 9.18 Å². The third kappa shape index (κ3) is 8.17. The molecule has 248 valence electrons. The number of hydrogen-bond acceptors (Lipinski definition) is 10. The van der Waals surface area contributed by atoms with Crippen LogP contribution in [0.3, 0.4) is 0 Å². The quantitative estimate of drug-likeness (QED) is 0.332. The zero-order valence-corrected chi connectivity index (χ0v) is 25.5. The number of hydrogen-bond donors (Lipinski definition) is 2. The molecule has 0 bridgehead atoms. The first kappa shape index (κ1) is 33.9. The summed E-state index contributed by atoms with van der Waals surface area (Å²) in [4.78, 5) is 83.6. The van der Waals surface area contributed by atoms with Gasteiger partial charge in [-0.2, -0.15) is 0 Å². The van der Waals surface area contributed by atoms with E-state index in [9.17, 15) is 38.3 Å². The summed E-state index contributed by atoms with van der Waals surface area (Å²) in [6, 6.07) is 5.62. The standard InChI is InChI=1S/C30H36FN5O10/c1-3-45-30(43)35-12-10-34(11-13-35)28(41)21(8-9-26(38)39)33-27(40)22-15-24(19-6-4-5-7-20(19)32-22)46-17-25(37)36-16-18(31)14-23(36)29(42)44-2/h4-7,15,18,21,23H,3,8-14,16-17H2,1-2H3,(H,33,40)(H,38,39)/t18-,21?,23-/m0/s1. The fourth-order valence-electron chi connectivity index (χ4n) is 5.32. The number of carbonyl (C=O) groups is 6. The van der Waals surface area contributed by atoms with E-state index in [0.717, 1.165) is 12.0 Å². The van der Waals surface area contributed by atoms with Crippen molar-refractivity contribution in [2.45, 2.75) is 44.4 Å². The molecule has 4 rings (SSSR count). The number of aliphatic carboxylic acids is 1. The highest BCUT2D eigenvalue weighted by Crippen LogP contribution is 2.27. The molecule has 3 heterocycles. The summed E-state index contributed by atoms with van der Waals surface area (Å²) in [7, 11) is 1.15. The lowest BCUT2D eigenvalue weighted by atomic mass is 10.1. The molecular weight excluding hydrogens is 609 g/mol. The second-order valence-electron chi connectivity index (χ2n) is 10.7. The van der Waals surface area contributed by atoms with E-state index in [4.69, 9.17) is 14.2 Å². The van der Waals surface area contributed by atoms with Gasteiger partial charge in [0.2, 0.25) is 5.91 Å². The molecule has 1 unspecified atom stereocenters. The molecule has 0 aliphatic carbocycles. The van der Waals surface area contributed by atoms with Crippen LogP contribution >= 0.6 is 0 Å². The number of carbonyl (C=O) groups excluding carboxylic acids is 5. The smallest absolute Gasteiger partial charge is 0.409 e. The predicted octanol–water partition coefficient (Wildman–Crippen LogP) is 0.990. The Balaban J connectivity index is 1.50. The third-order valence-corrected chi connectivity index (χ3v) is 7.67. The number of alkyl halides is 1. The van der Waals surface area contributed by atoms with Crippen LogP contribution in [-0.4, -0.2) is 132 Å². The Kier molecular flexibility index (Phi) is 11.3. The van der Waals surface area contributed by atoms with Crippen molar-refractivity contribution in [2.24, 2.45) is 0 Å². The van der Waals surface area contributed by atoms with E-state index >= 15 is 0 Å². The van der Waals surface area contributed by atoms with Crippen LogP contribution in [0.15, 0.2) is 30.3 Å². The highest BCUT2D eigenvalue weighted by molar-refractivity contribution is 5.99. The van der Waals surface area contributed by atoms with Crippen molar-refractivity contribution in [3.8, 4) is 5.75 Å². The van der Waals surface area contributed by atoms with Gasteiger partial charge in [-0.15, -0.1) is 0 Å². The minimum absolute atomic E-state index is 0.0956. The van der Waals surface area contributed by atoms with E-state index in [1.165, 1.54) is 15.9 Å². The van der Waals surface area contributed by atoms with E-state index in [-0.39, 0.29) is 63.6 Å². The number of nitrogens with one attached hydrogen (secondary N) is 1. The van der Waals surface area contributed by atoms with Gasteiger partial charge in [0.15, 0.2) is 6.61 Å². The SMILES string of the molecule is CCOC(=O)N1CCN(C(=O)C(CCC(=O)O)NC(=O)c2cc(OCC(=O)N3C[C@@H](F)C[C@H]3C(=O)OC)c3ccccc3n2)CC1. The van der Waals surface area contributed by atoms with Gasteiger partial charge in [-0.1, -0.05) is 12.1 Å². The average Bonchev–Trinajstić information content (AvgIpc) is 3.46. The van der Waals surface area contributed by atoms with E-state index in [2.05, 4.69) is 10.3 Å². The number of carboxylic acids is 1. The monoisotopic (exact) mass is 645 g/mol. The molecule has 2 aliphatic rings. The van der Waals surface area contributed by atoms with Gasteiger partial charge in [0.25, 0.3) is 11.8 Å². The van der Waals surface area contributed by atoms with Crippen molar-refractivity contribution in [1.29, 1.82) is 0 Å². The van der Waals surface area contributed by atoms with Gasteiger partial charge in [0, 0.05) is 50.5 Å². The number of esters is 1. The van der Waals surface area contributed by atoms with E-state index < -0.39 is 67.0 Å². The number of methoxy groups -OCH3 is 1. The number of halogens is 1. The van der Waals surface area contributed by atoms with Crippen molar-refractivity contribution >= 4 is 46.7 Å². The summed E-state index contributed by atoms with van der Waals surface area (Å²) in [6.07, 6.45) is -2.68. The minimum Gasteiger partial charge on any atom is -0.483 e. The van der Waals surface area contributed by atoms with Crippen LogP contribution in [0.1, 0.15) is 36.7 Å². The number of amides is 4. The van der Waals surface area contributed by atoms with Crippen LogP contribution in [0, 0.1) is 0 Å². The fourth-order valence-corrected chi connectivity index (χ4v) is 5.32. The first-order valence-electron chi connectivity index (χ1n) is 14.8. The van der Waals surface area contributed by atoms with Gasteiger partial charge in [-0.05, 0) is 25.5 Å². The Morgan fingerprint density at radius 1 is 1.09 bits per heavy atom. The number of benzene rings is 1. The Labute approximate surface area is 263 Å². The summed E-state index contributed by atoms with van der Waals surface area (Å²) in [5.41, 5.74) is 0.164. The minimum atomic E-state index is -1.40. The van der Waals surface area contributed by atoms with Crippen LogP contribution in [0.2, 0.25) is 0 Å². The van der Waals surface area contributed by atoms with Crippen LogP contribution in [-0.2, 0) is 28.7 Å². The van der Waals surface area contributed by atoms with E-state index in [1.807, 2.05) is 0 Å².